The summed E-state index contributed by atoms with van der Waals surface area (Å²) in [6.07, 6.45) is 0.249. The first-order valence-electron chi connectivity index (χ1n) is 4.08. The van der Waals surface area contributed by atoms with Crippen molar-refractivity contribution in [2.45, 2.75) is 12.5 Å². The average Bonchev–Trinajstić information content (AvgIpc) is 2.18. The molecule has 0 unspecified atom stereocenters. The first-order chi connectivity index (χ1) is 6.63. The van der Waals surface area contributed by atoms with Gasteiger partial charge in [0.1, 0.15) is 6.04 Å². The minimum absolute atomic E-state index is 0.249. The van der Waals surface area contributed by atoms with E-state index < -0.39 is 12.0 Å². The Morgan fingerprint density at radius 1 is 1.64 bits per heavy atom. The highest BCUT2D eigenvalue weighted by Gasteiger charge is 2.11. The normalized spacial score (nSPS) is 11.7. The van der Waals surface area contributed by atoms with Crippen molar-refractivity contribution in [3.8, 4) is 0 Å². The molecule has 1 aromatic rings. The number of carboxylic acids is 1. The summed E-state index contributed by atoms with van der Waals surface area (Å²) in [6.45, 7) is 6.78. The molecule has 3 N–H and O–H groups in total. The zero-order valence-corrected chi connectivity index (χ0v) is 7.47. The standard InChI is InChI=1S/C10H10N2O2/c1-12-8-4-2-3-7(5-8)6-9(11)10(13)14/h2-5,9H,6,11H2,(H,13,14)/t9-/m0/s1. The SMILES string of the molecule is [C-]#[N+]c1cccc(C[C@H](N)C(=O)O)c1. The molecule has 0 fully saturated rings. The van der Waals surface area contributed by atoms with Crippen LogP contribution in [-0.4, -0.2) is 17.1 Å². The Morgan fingerprint density at radius 3 is 2.93 bits per heavy atom. The molecule has 0 heterocycles. The van der Waals surface area contributed by atoms with Crippen molar-refractivity contribution in [3.05, 3.63) is 41.2 Å². The van der Waals surface area contributed by atoms with Crippen LogP contribution in [-0.2, 0) is 11.2 Å². The number of benzene rings is 1. The molecule has 0 spiro atoms. The van der Waals surface area contributed by atoms with E-state index >= 15 is 0 Å². The molecule has 1 aromatic carbocycles. The molecule has 0 aliphatic rings. The molecule has 0 saturated heterocycles. The van der Waals surface area contributed by atoms with Gasteiger partial charge in [-0.15, -0.1) is 0 Å². The second-order valence-corrected chi connectivity index (χ2v) is 2.93. The molecule has 4 heteroatoms. The summed E-state index contributed by atoms with van der Waals surface area (Å²) in [5.74, 6) is -1.03. The van der Waals surface area contributed by atoms with E-state index in [9.17, 15) is 4.79 Å². The summed E-state index contributed by atoms with van der Waals surface area (Å²) < 4.78 is 0. The summed E-state index contributed by atoms with van der Waals surface area (Å²) in [5, 5.41) is 8.58. The number of hydrogen-bond donors (Lipinski definition) is 2. The predicted octanol–water partition coefficient (Wildman–Crippen LogP) is 1.19. The van der Waals surface area contributed by atoms with Gasteiger partial charge in [-0.2, -0.15) is 0 Å². The third kappa shape index (κ3) is 2.57. The molecular formula is C10H10N2O2. The fraction of sp³-hybridized carbons (Fsp3) is 0.200. The Morgan fingerprint density at radius 2 is 2.36 bits per heavy atom. The fourth-order valence-electron chi connectivity index (χ4n) is 1.09. The molecule has 1 atom stereocenters. The maximum atomic E-state index is 10.5. The first-order valence-corrected chi connectivity index (χ1v) is 4.08. The Hall–Kier alpha value is -1.86. The van der Waals surface area contributed by atoms with Crippen LogP contribution in [0.25, 0.3) is 4.85 Å². The highest BCUT2D eigenvalue weighted by Crippen LogP contribution is 2.14. The lowest BCUT2D eigenvalue weighted by Crippen LogP contribution is -2.32. The van der Waals surface area contributed by atoms with E-state index in [4.69, 9.17) is 17.4 Å². The lowest BCUT2D eigenvalue weighted by molar-refractivity contribution is -0.138. The van der Waals surface area contributed by atoms with E-state index in [1.165, 1.54) is 0 Å². The second-order valence-electron chi connectivity index (χ2n) is 2.93. The van der Waals surface area contributed by atoms with Gasteiger partial charge in [-0.3, -0.25) is 4.79 Å². The highest BCUT2D eigenvalue weighted by atomic mass is 16.4. The van der Waals surface area contributed by atoms with Crippen LogP contribution in [0.3, 0.4) is 0 Å². The number of aliphatic carboxylic acids is 1. The number of carboxylic acid groups (broad SMARTS) is 1. The van der Waals surface area contributed by atoms with E-state index in [0.717, 1.165) is 5.56 Å². The van der Waals surface area contributed by atoms with Gasteiger partial charge >= 0.3 is 5.97 Å². The summed E-state index contributed by atoms with van der Waals surface area (Å²) in [5.41, 5.74) is 6.63. The quantitative estimate of drug-likeness (QED) is 0.703. The van der Waals surface area contributed by atoms with Gasteiger partial charge in [-0.1, -0.05) is 29.8 Å². The molecule has 0 aliphatic carbocycles. The van der Waals surface area contributed by atoms with E-state index in [2.05, 4.69) is 4.85 Å². The molecule has 0 bridgehead atoms. The molecule has 0 saturated carbocycles. The summed E-state index contributed by atoms with van der Waals surface area (Å²) in [6, 6.07) is 5.89. The molecule has 4 nitrogen and oxygen atoms in total. The topological polar surface area (TPSA) is 67.7 Å². The summed E-state index contributed by atoms with van der Waals surface area (Å²) in [7, 11) is 0. The van der Waals surface area contributed by atoms with Crippen LogP contribution in [0, 0.1) is 6.57 Å². The van der Waals surface area contributed by atoms with Crippen molar-refractivity contribution in [3.63, 3.8) is 0 Å². The molecule has 0 aliphatic heterocycles. The highest BCUT2D eigenvalue weighted by molar-refractivity contribution is 5.73. The van der Waals surface area contributed by atoms with Crippen LogP contribution in [0.15, 0.2) is 24.3 Å². The monoisotopic (exact) mass is 190 g/mol. The van der Waals surface area contributed by atoms with Crippen LogP contribution >= 0.6 is 0 Å². The van der Waals surface area contributed by atoms with Crippen LogP contribution in [0.4, 0.5) is 5.69 Å². The lowest BCUT2D eigenvalue weighted by atomic mass is 10.1. The molecule has 0 radical (unpaired) electrons. The number of carbonyl (C=O) groups is 1. The second kappa shape index (κ2) is 4.40. The van der Waals surface area contributed by atoms with Crippen LogP contribution < -0.4 is 5.73 Å². The van der Waals surface area contributed by atoms with E-state index in [0.29, 0.717) is 5.69 Å². The van der Waals surface area contributed by atoms with Crippen LogP contribution in [0.2, 0.25) is 0 Å². The molecule has 0 aromatic heterocycles. The lowest BCUT2D eigenvalue weighted by Gasteiger charge is -2.06. The molecular weight excluding hydrogens is 180 g/mol. The number of rotatable bonds is 3. The minimum Gasteiger partial charge on any atom is -0.480 e. The molecule has 1 rings (SSSR count). The van der Waals surface area contributed by atoms with Gasteiger partial charge in [0.05, 0.1) is 6.57 Å². The third-order valence-electron chi connectivity index (χ3n) is 1.81. The fourth-order valence-corrected chi connectivity index (χ4v) is 1.09. The van der Waals surface area contributed by atoms with Crippen molar-refractivity contribution >= 4 is 11.7 Å². The number of hydrogen-bond acceptors (Lipinski definition) is 2. The van der Waals surface area contributed by atoms with Crippen molar-refractivity contribution in [2.75, 3.05) is 0 Å². The van der Waals surface area contributed by atoms with Gasteiger partial charge in [0.15, 0.2) is 5.69 Å². The zero-order chi connectivity index (χ0) is 10.6. The van der Waals surface area contributed by atoms with Crippen LogP contribution in [0.1, 0.15) is 5.56 Å². The predicted molar refractivity (Wildman–Crippen MR) is 52.0 cm³/mol. The van der Waals surface area contributed by atoms with Gasteiger partial charge < -0.3 is 10.8 Å². The zero-order valence-electron chi connectivity index (χ0n) is 7.47. The van der Waals surface area contributed by atoms with Crippen molar-refractivity contribution in [1.29, 1.82) is 0 Å². The summed E-state index contributed by atoms with van der Waals surface area (Å²) in [4.78, 5) is 13.7. The van der Waals surface area contributed by atoms with Gasteiger partial charge in [0.25, 0.3) is 0 Å². The molecule has 14 heavy (non-hydrogen) atoms. The van der Waals surface area contributed by atoms with E-state index in [-0.39, 0.29) is 6.42 Å². The first kappa shape index (κ1) is 10.2. The maximum Gasteiger partial charge on any atom is 0.320 e. The Kier molecular flexibility index (Phi) is 3.21. The minimum atomic E-state index is -1.03. The van der Waals surface area contributed by atoms with Crippen molar-refractivity contribution in [1.82, 2.24) is 0 Å². The number of nitrogens with zero attached hydrogens (tertiary/aromatic N) is 1. The van der Waals surface area contributed by atoms with Crippen molar-refractivity contribution in [2.24, 2.45) is 5.73 Å². The van der Waals surface area contributed by atoms with Gasteiger partial charge in [0.2, 0.25) is 0 Å². The summed E-state index contributed by atoms with van der Waals surface area (Å²) >= 11 is 0. The smallest absolute Gasteiger partial charge is 0.320 e. The largest absolute Gasteiger partial charge is 0.480 e. The van der Waals surface area contributed by atoms with E-state index in [1.54, 1.807) is 24.3 Å². The third-order valence-corrected chi connectivity index (χ3v) is 1.81. The van der Waals surface area contributed by atoms with E-state index in [1.807, 2.05) is 0 Å². The number of nitrogens with two attached hydrogens (primary N) is 1. The maximum absolute atomic E-state index is 10.5. The van der Waals surface area contributed by atoms with Gasteiger partial charge in [-0.25, -0.2) is 4.85 Å². The van der Waals surface area contributed by atoms with Crippen LogP contribution in [0.5, 0.6) is 0 Å². The van der Waals surface area contributed by atoms with Gasteiger partial charge in [0, 0.05) is 0 Å². The Bertz CT molecular complexity index is 382. The average molecular weight is 190 g/mol. The Balaban J connectivity index is 2.78. The molecule has 72 valence electrons. The van der Waals surface area contributed by atoms with Crippen molar-refractivity contribution < 1.29 is 9.90 Å². The van der Waals surface area contributed by atoms with Gasteiger partial charge in [-0.05, 0) is 6.42 Å². The Labute approximate surface area is 81.8 Å². The molecule has 0 amide bonds.